The number of nitrogens with one attached hydrogen (secondary N) is 1. The van der Waals surface area contributed by atoms with Gasteiger partial charge in [-0.2, -0.15) is 5.26 Å². The molecular formula is C16H13N3O. The maximum Gasteiger partial charge on any atom is 0.138 e. The highest BCUT2D eigenvalue weighted by Crippen LogP contribution is 2.24. The lowest BCUT2D eigenvalue weighted by Crippen LogP contribution is -1.90. The summed E-state index contributed by atoms with van der Waals surface area (Å²) in [6.45, 7) is 2.60. The van der Waals surface area contributed by atoms with Crippen LogP contribution in [0.5, 0.6) is 5.75 Å². The molecular weight excluding hydrogens is 250 g/mol. The molecule has 0 bridgehead atoms. The fourth-order valence-corrected chi connectivity index (χ4v) is 2.13. The molecule has 4 heteroatoms. The molecule has 0 fully saturated rings. The Hall–Kier alpha value is -2.80. The molecule has 3 rings (SSSR count). The van der Waals surface area contributed by atoms with Crippen LogP contribution in [0.4, 0.5) is 0 Å². The first-order valence-corrected chi connectivity index (χ1v) is 6.44. The number of hydrogen-bond acceptors (Lipinski definition) is 3. The Labute approximate surface area is 116 Å². The van der Waals surface area contributed by atoms with Gasteiger partial charge in [-0.15, -0.1) is 0 Å². The molecule has 0 saturated heterocycles. The van der Waals surface area contributed by atoms with Crippen LogP contribution < -0.4 is 4.74 Å². The van der Waals surface area contributed by atoms with Crippen LogP contribution in [-0.4, -0.2) is 16.6 Å². The first kappa shape index (κ1) is 12.2. The van der Waals surface area contributed by atoms with Gasteiger partial charge in [-0.1, -0.05) is 6.07 Å². The number of nitrogens with zero attached hydrogens (tertiary/aromatic N) is 2. The van der Waals surface area contributed by atoms with E-state index in [1.165, 1.54) is 0 Å². The zero-order valence-corrected chi connectivity index (χ0v) is 11.1. The average molecular weight is 263 g/mol. The summed E-state index contributed by atoms with van der Waals surface area (Å²) in [6.07, 6.45) is 0. The Morgan fingerprint density at radius 3 is 2.70 bits per heavy atom. The van der Waals surface area contributed by atoms with Crippen LogP contribution in [0.2, 0.25) is 0 Å². The second kappa shape index (κ2) is 5.06. The van der Waals surface area contributed by atoms with Gasteiger partial charge in [-0.25, -0.2) is 4.98 Å². The van der Waals surface area contributed by atoms with Gasteiger partial charge in [0.1, 0.15) is 23.2 Å². The first-order chi connectivity index (χ1) is 9.81. The monoisotopic (exact) mass is 263 g/mol. The Morgan fingerprint density at radius 2 is 2.00 bits per heavy atom. The summed E-state index contributed by atoms with van der Waals surface area (Å²) in [5, 5.41) is 9.09. The Kier molecular flexibility index (Phi) is 3.10. The molecule has 0 amide bonds. The predicted octanol–water partition coefficient (Wildman–Crippen LogP) is 3.50. The molecule has 4 nitrogen and oxygen atoms in total. The van der Waals surface area contributed by atoms with Crippen molar-refractivity contribution in [1.29, 1.82) is 5.26 Å². The minimum atomic E-state index is 0.580. The van der Waals surface area contributed by atoms with Crippen molar-refractivity contribution in [2.24, 2.45) is 0 Å². The summed E-state index contributed by atoms with van der Waals surface area (Å²) in [5.41, 5.74) is 3.12. The summed E-state index contributed by atoms with van der Waals surface area (Å²) < 4.78 is 5.42. The van der Waals surface area contributed by atoms with Gasteiger partial charge in [0.2, 0.25) is 0 Å². The lowest BCUT2D eigenvalue weighted by Gasteiger charge is -2.02. The van der Waals surface area contributed by atoms with Gasteiger partial charge in [-0.3, -0.25) is 0 Å². The van der Waals surface area contributed by atoms with Crippen LogP contribution in [0, 0.1) is 11.3 Å². The number of para-hydroxylation sites is 1. The molecule has 1 heterocycles. The lowest BCUT2D eigenvalue weighted by atomic mass is 10.2. The molecule has 3 aromatic rings. The molecule has 0 aliphatic rings. The largest absolute Gasteiger partial charge is 0.494 e. The van der Waals surface area contributed by atoms with Gasteiger partial charge in [0.15, 0.2) is 0 Å². The molecule has 0 radical (unpaired) electrons. The molecule has 0 saturated carbocycles. The highest BCUT2D eigenvalue weighted by atomic mass is 16.5. The van der Waals surface area contributed by atoms with Crippen molar-refractivity contribution >= 4 is 11.0 Å². The number of aromatic nitrogens is 2. The molecule has 98 valence electrons. The second-order valence-electron chi connectivity index (χ2n) is 4.36. The van der Waals surface area contributed by atoms with E-state index in [-0.39, 0.29) is 0 Å². The fourth-order valence-electron chi connectivity index (χ4n) is 2.13. The van der Waals surface area contributed by atoms with Crippen LogP contribution >= 0.6 is 0 Å². The van der Waals surface area contributed by atoms with E-state index >= 15 is 0 Å². The second-order valence-corrected chi connectivity index (χ2v) is 4.36. The minimum Gasteiger partial charge on any atom is -0.494 e. The maximum absolute atomic E-state index is 9.09. The Morgan fingerprint density at radius 1 is 1.20 bits per heavy atom. The maximum atomic E-state index is 9.09. The van der Waals surface area contributed by atoms with Gasteiger partial charge in [-0.05, 0) is 43.3 Å². The highest BCUT2D eigenvalue weighted by Gasteiger charge is 2.08. The van der Waals surface area contributed by atoms with Crippen molar-refractivity contribution in [1.82, 2.24) is 9.97 Å². The highest BCUT2D eigenvalue weighted by molar-refractivity contribution is 5.84. The molecule has 0 aliphatic heterocycles. The molecule has 1 N–H and O–H groups in total. The molecule has 0 atom stereocenters. The summed E-state index contributed by atoms with van der Waals surface area (Å²) in [6, 6.07) is 15.4. The molecule has 1 aromatic heterocycles. The first-order valence-electron chi connectivity index (χ1n) is 6.44. The summed E-state index contributed by atoms with van der Waals surface area (Å²) in [4.78, 5) is 7.75. The Balaban J connectivity index is 2.04. The van der Waals surface area contributed by atoms with Crippen LogP contribution in [-0.2, 0) is 0 Å². The van der Waals surface area contributed by atoms with E-state index in [0.29, 0.717) is 17.7 Å². The SMILES string of the molecule is CCOc1ccc(-c2nc3c(C#N)cccc3[nH]2)cc1. The van der Waals surface area contributed by atoms with Gasteiger partial charge >= 0.3 is 0 Å². The van der Waals surface area contributed by atoms with E-state index < -0.39 is 0 Å². The number of nitriles is 1. The molecule has 2 aromatic carbocycles. The summed E-state index contributed by atoms with van der Waals surface area (Å²) in [7, 11) is 0. The van der Waals surface area contributed by atoms with Gasteiger partial charge in [0.25, 0.3) is 0 Å². The average Bonchev–Trinajstić information content (AvgIpc) is 2.92. The zero-order chi connectivity index (χ0) is 13.9. The zero-order valence-electron chi connectivity index (χ0n) is 11.1. The number of fused-ring (bicyclic) bond motifs is 1. The molecule has 0 aliphatic carbocycles. The van der Waals surface area contributed by atoms with Gasteiger partial charge < -0.3 is 9.72 Å². The van der Waals surface area contributed by atoms with Crippen LogP contribution in [0.3, 0.4) is 0 Å². The smallest absolute Gasteiger partial charge is 0.138 e. The number of ether oxygens (including phenoxy) is 1. The van der Waals surface area contributed by atoms with Crippen LogP contribution in [0.25, 0.3) is 22.4 Å². The van der Waals surface area contributed by atoms with Crippen molar-refractivity contribution in [2.45, 2.75) is 6.92 Å². The number of benzene rings is 2. The third-order valence-corrected chi connectivity index (χ3v) is 3.07. The normalized spacial score (nSPS) is 10.4. The van der Waals surface area contributed by atoms with Gasteiger partial charge in [0.05, 0.1) is 17.7 Å². The fraction of sp³-hybridized carbons (Fsp3) is 0.125. The van der Waals surface area contributed by atoms with Crippen molar-refractivity contribution in [2.75, 3.05) is 6.61 Å². The van der Waals surface area contributed by atoms with Crippen molar-refractivity contribution in [3.05, 3.63) is 48.0 Å². The number of hydrogen-bond donors (Lipinski definition) is 1. The van der Waals surface area contributed by atoms with Gasteiger partial charge in [0, 0.05) is 5.56 Å². The lowest BCUT2D eigenvalue weighted by molar-refractivity contribution is 0.340. The standard InChI is InChI=1S/C16H13N3O/c1-2-20-13-8-6-11(7-9-13)16-18-14-5-3-4-12(10-17)15(14)19-16/h3-9H,2H2,1H3,(H,18,19). The van der Waals surface area contributed by atoms with E-state index in [1.807, 2.05) is 43.3 Å². The van der Waals surface area contributed by atoms with E-state index in [4.69, 9.17) is 10.00 Å². The molecule has 20 heavy (non-hydrogen) atoms. The van der Waals surface area contributed by atoms with Crippen LogP contribution in [0.1, 0.15) is 12.5 Å². The van der Waals surface area contributed by atoms with E-state index in [0.717, 1.165) is 22.7 Å². The number of imidazole rings is 1. The quantitative estimate of drug-likeness (QED) is 0.786. The molecule has 0 unspecified atom stereocenters. The third-order valence-electron chi connectivity index (χ3n) is 3.07. The summed E-state index contributed by atoms with van der Waals surface area (Å²) in [5.74, 6) is 1.59. The summed E-state index contributed by atoms with van der Waals surface area (Å²) >= 11 is 0. The van der Waals surface area contributed by atoms with Crippen molar-refractivity contribution in [3.8, 4) is 23.2 Å². The Bertz CT molecular complexity index is 782. The number of aromatic amines is 1. The topological polar surface area (TPSA) is 61.7 Å². The van der Waals surface area contributed by atoms with E-state index in [2.05, 4.69) is 16.0 Å². The third kappa shape index (κ3) is 2.10. The van der Waals surface area contributed by atoms with Crippen LogP contribution in [0.15, 0.2) is 42.5 Å². The van der Waals surface area contributed by atoms with E-state index in [1.54, 1.807) is 6.07 Å². The van der Waals surface area contributed by atoms with Crippen molar-refractivity contribution < 1.29 is 4.74 Å². The molecule has 0 spiro atoms. The number of H-pyrrole nitrogens is 1. The predicted molar refractivity (Wildman–Crippen MR) is 77.4 cm³/mol. The minimum absolute atomic E-state index is 0.580. The van der Waals surface area contributed by atoms with E-state index in [9.17, 15) is 0 Å². The number of rotatable bonds is 3. The van der Waals surface area contributed by atoms with Crippen molar-refractivity contribution in [3.63, 3.8) is 0 Å².